The van der Waals surface area contributed by atoms with Gasteiger partial charge in [-0.15, -0.1) is 0 Å². The van der Waals surface area contributed by atoms with Crippen LogP contribution in [0.3, 0.4) is 0 Å². The summed E-state index contributed by atoms with van der Waals surface area (Å²) in [5, 5.41) is 0. The van der Waals surface area contributed by atoms with Gasteiger partial charge in [0.25, 0.3) is 0 Å². The third-order valence-corrected chi connectivity index (χ3v) is 4.29. The molecule has 5 heteroatoms. The minimum atomic E-state index is -2.81. The van der Waals surface area contributed by atoms with Gasteiger partial charge in [0.2, 0.25) is 0 Å². The molecule has 0 bridgehead atoms. The molecule has 0 saturated carbocycles. The number of rotatable bonds is 7. The fourth-order valence-electron chi connectivity index (χ4n) is 1.08. The largest absolute Gasteiger partial charge is 0.329 e. The number of nitrogens with two attached hydrogens (primary N) is 1. The quantitative estimate of drug-likeness (QED) is 0.663. The molecule has 0 radical (unpaired) electrons. The Bertz CT molecular complexity index is 239. The molecule has 14 heavy (non-hydrogen) atoms. The Balaban J connectivity index is 3.75. The number of hydrogen-bond donors (Lipinski definition) is 1. The molecular weight excluding hydrogens is 200 g/mol. The van der Waals surface area contributed by atoms with Gasteiger partial charge < -0.3 is 10.6 Å². The lowest BCUT2D eigenvalue weighted by atomic mass is 10.3. The van der Waals surface area contributed by atoms with E-state index in [-0.39, 0.29) is 11.5 Å². The van der Waals surface area contributed by atoms with Crippen LogP contribution in [0.1, 0.15) is 20.3 Å². The van der Waals surface area contributed by atoms with Crippen molar-refractivity contribution >= 4 is 9.84 Å². The summed E-state index contributed by atoms with van der Waals surface area (Å²) in [6.45, 7) is 5.12. The summed E-state index contributed by atoms with van der Waals surface area (Å²) < 4.78 is 22.4. The van der Waals surface area contributed by atoms with Crippen LogP contribution in [0.15, 0.2) is 0 Å². The highest BCUT2D eigenvalue weighted by Gasteiger charge is 2.10. The van der Waals surface area contributed by atoms with Crippen LogP contribution >= 0.6 is 0 Å². The zero-order chi connectivity index (χ0) is 11.2. The first-order valence-electron chi connectivity index (χ1n) is 5.03. The fraction of sp³-hybridized carbons (Fsp3) is 1.00. The van der Waals surface area contributed by atoms with Crippen molar-refractivity contribution in [3.05, 3.63) is 0 Å². The van der Waals surface area contributed by atoms with Crippen LogP contribution in [-0.4, -0.2) is 51.0 Å². The molecule has 0 saturated heterocycles. The third-order valence-electron chi connectivity index (χ3n) is 2.50. The summed E-state index contributed by atoms with van der Waals surface area (Å²) in [4.78, 5) is 2.09. The standard InChI is InChI=1S/C9H22N2O2S/c1-4-14(12,13)7-5-6-11(3)9(2)8-10/h9H,4-8,10H2,1-3H3. The molecular formula is C9H22N2O2S. The summed E-state index contributed by atoms with van der Waals surface area (Å²) in [5.74, 6) is 0.522. The molecule has 0 aromatic heterocycles. The van der Waals surface area contributed by atoms with Gasteiger partial charge >= 0.3 is 0 Å². The lowest BCUT2D eigenvalue weighted by Gasteiger charge is -2.22. The van der Waals surface area contributed by atoms with E-state index in [0.717, 1.165) is 6.54 Å². The lowest BCUT2D eigenvalue weighted by Crippen LogP contribution is -2.36. The predicted octanol–water partition coefficient (Wildman–Crippen LogP) is 0.0902. The van der Waals surface area contributed by atoms with E-state index in [4.69, 9.17) is 5.73 Å². The van der Waals surface area contributed by atoms with Gasteiger partial charge in [0.15, 0.2) is 0 Å². The maximum Gasteiger partial charge on any atom is 0.150 e. The summed E-state index contributed by atoms with van der Waals surface area (Å²) >= 11 is 0. The molecule has 2 N–H and O–H groups in total. The van der Waals surface area contributed by atoms with Gasteiger partial charge in [-0.05, 0) is 26.9 Å². The van der Waals surface area contributed by atoms with E-state index in [2.05, 4.69) is 4.90 Å². The molecule has 0 fully saturated rings. The van der Waals surface area contributed by atoms with Crippen LogP contribution in [0.2, 0.25) is 0 Å². The van der Waals surface area contributed by atoms with E-state index in [1.54, 1.807) is 6.92 Å². The van der Waals surface area contributed by atoms with Gasteiger partial charge in [-0.1, -0.05) is 6.92 Å². The van der Waals surface area contributed by atoms with Gasteiger partial charge in [0.05, 0.1) is 5.75 Å². The highest BCUT2D eigenvalue weighted by atomic mass is 32.2. The molecule has 0 spiro atoms. The van der Waals surface area contributed by atoms with Crippen LogP contribution in [0.5, 0.6) is 0 Å². The maximum absolute atomic E-state index is 11.2. The van der Waals surface area contributed by atoms with E-state index in [9.17, 15) is 8.42 Å². The summed E-state index contributed by atoms with van der Waals surface area (Å²) in [5.41, 5.74) is 5.50. The van der Waals surface area contributed by atoms with E-state index in [0.29, 0.717) is 19.0 Å². The summed E-state index contributed by atoms with van der Waals surface area (Å²) in [6, 6.07) is 0.319. The zero-order valence-electron chi connectivity index (χ0n) is 9.36. The van der Waals surface area contributed by atoms with E-state index >= 15 is 0 Å². The Morgan fingerprint density at radius 2 is 2.00 bits per heavy atom. The SMILES string of the molecule is CCS(=O)(=O)CCCN(C)C(C)CN. The third kappa shape index (κ3) is 5.57. The minimum Gasteiger partial charge on any atom is -0.329 e. The Hall–Kier alpha value is -0.130. The zero-order valence-corrected chi connectivity index (χ0v) is 10.2. The topological polar surface area (TPSA) is 63.4 Å². The second-order valence-electron chi connectivity index (χ2n) is 3.66. The molecule has 0 aliphatic carbocycles. The van der Waals surface area contributed by atoms with Crippen LogP contribution in [0.25, 0.3) is 0 Å². The first-order valence-corrected chi connectivity index (χ1v) is 6.85. The maximum atomic E-state index is 11.2. The average molecular weight is 222 g/mol. The van der Waals surface area contributed by atoms with E-state index in [1.165, 1.54) is 0 Å². The molecule has 1 atom stereocenters. The normalized spacial score (nSPS) is 14.6. The molecule has 0 aromatic carbocycles. The van der Waals surface area contributed by atoms with Crippen LogP contribution < -0.4 is 5.73 Å². The van der Waals surface area contributed by atoms with E-state index < -0.39 is 9.84 Å². The first-order chi connectivity index (χ1) is 6.43. The average Bonchev–Trinajstić information content (AvgIpc) is 2.16. The van der Waals surface area contributed by atoms with Gasteiger partial charge in [0.1, 0.15) is 9.84 Å². The number of sulfone groups is 1. The highest BCUT2D eigenvalue weighted by molar-refractivity contribution is 7.91. The Morgan fingerprint density at radius 3 is 2.43 bits per heavy atom. The van der Waals surface area contributed by atoms with Crippen molar-refractivity contribution in [2.24, 2.45) is 5.73 Å². The highest BCUT2D eigenvalue weighted by Crippen LogP contribution is 1.98. The molecule has 0 amide bonds. The number of hydrogen-bond acceptors (Lipinski definition) is 4. The minimum absolute atomic E-state index is 0.239. The van der Waals surface area contributed by atoms with Crippen molar-refractivity contribution in [1.82, 2.24) is 4.90 Å². The fourth-order valence-corrected chi connectivity index (χ4v) is 1.94. The van der Waals surface area contributed by atoms with Crippen molar-refractivity contribution in [3.63, 3.8) is 0 Å². The molecule has 4 nitrogen and oxygen atoms in total. The molecule has 0 aromatic rings. The van der Waals surface area contributed by atoms with Gasteiger partial charge in [-0.25, -0.2) is 8.42 Å². The van der Waals surface area contributed by atoms with Crippen LogP contribution in [-0.2, 0) is 9.84 Å². The van der Waals surface area contributed by atoms with Crippen molar-refractivity contribution in [3.8, 4) is 0 Å². The molecule has 0 aliphatic heterocycles. The summed E-state index contributed by atoms with van der Waals surface area (Å²) in [6.07, 6.45) is 0.691. The second kappa shape index (κ2) is 6.37. The van der Waals surface area contributed by atoms with Crippen molar-refractivity contribution in [1.29, 1.82) is 0 Å². The lowest BCUT2D eigenvalue weighted by molar-refractivity contribution is 0.264. The number of likely N-dealkylation sites (N-methyl/N-ethyl adjacent to an activating group) is 1. The summed E-state index contributed by atoms with van der Waals surface area (Å²) in [7, 11) is -0.837. The van der Waals surface area contributed by atoms with Crippen molar-refractivity contribution in [2.75, 3.05) is 31.6 Å². The molecule has 0 rings (SSSR count). The smallest absolute Gasteiger partial charge is 0.150 e. The predicted molar refractivity (Wildman–Crippen MR) is 60.1 cm³/mol. The van der Waals surface area contributed by atoms with Crippen LogP contribution in [0.4, 0.5) is 0 Å². The number of nitrogens with zero attached hydrogens (tertiary/aromatic N) is 1. The Labute approximate surface area is 87.4 Å². The Kier molecular flexibility index (Phi) is 6.31. The van der Waals surface area contributed by atoms with Crippen molar-refractivity contribution < 1.29 is 8.42 Å². The van der Waals surface area contributed by atoms with Gasteiger partial charge in [-0.3, -0.25) is 0 Å². The first kappa shape index (κ1) is 13.9. The molecule has 86 valence electrons. The van der Waals surface area contributed by atoms with Crippen LogP contribution in [0, 0.1) is 0 Å². The molecule has 0 aliphatic rings. The van der Waals surface area contributed by atoms with Gasteiger partial charge in [0, 0.05) is 18.3 Å². The second-order valence-corrected chi connectivity index (χ2v) is 6.13. The van der Waals surface area contributed by atoms with Crippen molar-refractivity contribution in [2.45, 2.75) is 26.3 Å². The molecule has 0 heterocycles. The van der Waals surface area contributed by atoms with Gasteiger partial charge in [-0.2, -0.15) is 0 Å². The van der Waals surface area contributed by atoms with E-state index in [1.807, 2.05) is 14.0 Å². The monoisotopic (exact) mass is 222 g/mol. The Morgan fingerprint density at radius 1 is 1.43 bits per heavy atom. The molecule has 1 unspecified atom stereocenters.